The van der Waals surface area contributed by atoms with Gasteiger partial charge in [-0.2, -0.15) is 5.26 Å². The number of benzene rings is 1. The molecule has 0 aliphatic heterocycles. The summed E-state index contributed by atoms with van der Waals surface area (Å²) in [6.07, 6.45) is 0.842. The van der Waals surface area contributed by atoms with Gasteiger partial charge in [0.2, 0.25) is 0 Å². The van der Waals surface area contributed by atoms with E-state index in [9.17, 15) is 14.9 Å². The molecule has 0 heterocycles. The van der Waals surface area contributed by atoms with Gasteiger partial charge in [-0.25, -0.2) is 0 Å². The monoisotopic (exact) mass is 190 g/mol. The molecule has 1 aromatic carbocycles. The molecule has 0 atom stereocenters. The third-order valence-corrected chi connectivity index (χ3v) is 1.70. The number of nitro benzene ring substituents is 1. The van der Waals surface area contributed by atoms with E-state index in [1.54, 1.807) is 6.07 Å². The maximum absolute atomic E-state index is 10.4. The van der Waals surface area contributed by atoms with Gasteiger partial charge in [0, 0.05) is 12.5 Å². The van der Waals surface area contributed by atoms with E-state index in [0.29, 0.717) is 11.8 Å². The predicted molar refractivity (Wildman–Crippen MR) is 47.6 cm³/mol. The van der Waals surface area contributed by atoms with Gasteiger partial charge < -0.3 is 4.79 Å². The van der Waals surface area contributed by atoms with Gasteiger partial charge in [0.05, 0.1) is 4.92 Å². The maximum Gasteiger partial charge on any atom is 0.287 e. The smallest absolute Gasteiger partial charge is 0.287 e. The standard InChI is InChI=1S/C9H6N2O3/c10-6-8-5-7(3-4-12)1-2-9(8)11(13)14/h1-2,4-5H,3H2. The first-order chi connectivity index (χ1) is 6.69. The van der Waals surface area contributed by atoms with Crippen molar-refractivity contribution in [2.45, 2.75) is 6.42 Å². The Hall–Kier alpha value is -2.22. The number of nitro groups is 1. The number of carbonyl (C=O) groups is 1. The van der Waals surface area contributed by atoms with E-state index in [1.165, 1.54) is 18.2 Å². The first-order valence-electron chi connectivity index (χ1n) is 3.80. The van der Waals surface area contributed by atoms with Crippen LogP contribution in [0.25, 0.3) is 0 Å². The molecular formula is C9H6N2O3. The van der Waals surface area contributed by atoms with Gasteiger partial charge in [-0.1, -0.05) is 6.07 Å². The SMILES string of the molecule is N#Cc1cc(CC=O)ccc1[N+](=O)[O-]. The summed E-state index contributed by atoms with van der Waals surface area (Å²) in [6, 6.07) is 5.77. The van der Waals surface area contributed by atoms with Crippen LogP contribution in [0.5, 0.6) is 0 Å². The van der Waals surface area contributed by atoms with Crippen LogP contribution in [0, 0.1) is 21.4 Å². The van der Waals surface area contributed by atoms with Gasteiger partial charge in [-0.15, -0.1) is 0 Å². The molecule has 14 heavy (non-hydrogen) atoms. The molecule has 0 aromatic heterocycles. The van der Waals surface area contributed by atoms with Crippen LogP contribution in [-0.4, -0.2) is 11.2 Å². The normalized spacial score (nSPS) is 9.07. The summed E-state index contributed by atoms with van der Waals surface area (Å²) in [5.74, 6) is 0. The fourth-order valence-corrected chi connectivity index (χ4v) is 1.06. The average molecular weight is 190 g/mol. The third kappa shape index (κ3) is 1.93. The summed E-state index contributed by atoms with van der Waals surface area (Å²) in [4.78, 5) is 20.0. The molecule has 0 spiro atoms. The van der Waals surface area contributed by atoms with E-state index in [4.69, 9.17) is 5.26 Å². The topological polar surface area (TPSA) is 84.0 Å². The summed E-state index contributed by atoms with van der Waals surface area (Å²) < 4.78 is 0. The van der Waals surface area contributed by atoms with Crippen molar-refractivity contribution in [2.24, 2.45) is 0 Å². The number of aldehydes is 1. The lowest BCUT2D eigenvalue weighted by Crippen LogP contribution is -1.94. The zero-order chi connectivity index (χ0) is 10.6. The Balaban J connectivity index is 3.19. The molecule has 0 saturated heterocycles. The lowest BCUT2D eigenvalue weighted by Gasteiger charge is -1.97. The number of nitriles is 1. The molecule has 0 radical (unpaired) electrons. The van der Waals surface area contributed by atoms with Gasteiger partial charge in [0.15, 0.2) is 0 Å². The fraction of sp³-hybridized carbons (Fsp3) is 0.111. The van der Waals surface area contributed by atoms with Crippen LogP contribution in [0.3, 0.4) is 0 Å². The average Bonchev–Trinajstić information content (AvgIpc) is 2.17. The Morgan fingerprint density at radius 2 is 2.29 bits per heavy atom. The van der Waals surface area contributed by atoms with Crippen molar-refractivity contribution in [3.63, 3.8) is 0 Å². The Morgan fingerprint density at radius 3 is 2.79 bits per heavy atom. The number of hydrogen-bond donors (Lipinski definition) is 0. The van der Waals surface area contributed by atoms with Crippen molar-refractivity contribution in [3.8, 4) is 6.07 Å². The van der Waals surface area contributed by atoms with Crippen molar-refractivity contribution in [1.82, 2.24) is 0 Å². The molecule has 70 valence electrons. The van der Waals surface area contributed by atoms with E-state index in [2.05, 4.69) is 0 Å². The molecule has 5 nitrogen and oxygen atoms in total. The van der Waals surface area contributed by atoms with Crippen LogP contribution < -0.4 is 0 Å². The molecule has 0 unspecified atom stereocenters. The second-order valence-electron chi connectivity index (χ2n) is 2.59. The lowest BCUT2D eigenvalue weighted by molar-refractivity contribution is -0.385. The minimum absolute atomic E-state index is 0.0191. The highest BCUT2D eigenvalue weighted by Gasteiger charge is 2.13. The zero-order valence-corrected chi connectivity index (χ0v) is 7.14. The number of nitrogens with zero attached hydrogens (tertiary/aromatic N) is 2. The van der Waals surface area contributed by atoms with Crippen molar-refractivity contribution < 1.29 is 9.72 Å². The van der Waals surface area contributed by atoms with Crippen LogP contribution >= 0.6 is 0 Å². The highest BCUT2D eigenvalue weighted by molar-refractivity contribution is 5.58. The van der Waals surface area contributed by atoms with Crippen LogP contribution in [0.1, 0.15) is 11.1 Å². The van der Waals surface area contributed by atoms with Crippen molar-refractivity contribution in [2.75, 3.05) is 0 Å². The van der Waals surface area contributed by atoms with Crippen molar-refractivity contribution >= 4 is 12.0 Å². The highest BCUT2D eigenvalue weighted by Crippen LogP contribution is 2.18. The molecule has 0 saturated carbocycles. The van der Waals surface area contributed by atoms with E-state index < -0.39 is 4.92 Å². The number of rotatable bonds is 3. The van der Waals surface area contributed by atoms with E-state index in [1.807, 2.05) is 0 Å². The first-order valence-corrected chi connectivity index (χ1v) is 3.80. The molecular weight excluding hydrogens is 184 g/mol. The molecule has 1 rings (SSSR count). The number of carbonyl (C=O) groups excluding carboxylic acids is 1. The van der Waals surface area contributed by atoms with Crippen LogP contribution in [0.15, 0.2) is 18.2 Å². The highest BCUT2D eigenvalue weighted by atomic mass is 16.6. The molecule has 0 N–H and O–H groups in total. The Kier molecular flexibility index (Phi) is 2.92. The predicted octanol–water partition coefficient (Wildman–Crippen LogP) is 1.21. The van der Waals surface area contributed by atoms with Crippen LogP contribution in [-0.2, 0) is 11.2 Å². The number of hydrogen-bond acceptors (Lipinski definition) is 4. The van der Waals surface area contributed by atoms with Crippen LogP contribution in [0.2, 0.25) is 0 Å². The molecule has 5 heteroatoms. The van der Waals surface area contributed by atoms with E-state index >= 15 is 0 Å². The Labute approximate surface area is 79.7 Å². The quantitative estimate of drug-likeness (QED) is 0.407. The minimum atomic E-state index is -0.622. The van der Waals surface area contributed by atoms with Gasteiger partial charge >= 0.3 is 0 Å². The Morgan fingerprint density at radius 1 is 1.57 bits per heavy atom. The molecule has 0 bridgehead atoms. The fourth-order valence-electron chi connectivity index (χ4n) is 1.06. The van der Waals surface area contributed by atoms with Gasteiger partial charge in [0.25, 0.3) is 5.69 Å². The lowest BCUT2D eigenvalue weighted by atomic mass is 10.1. The van der Waals surface area contributed by atoms with E-state index in [-0.39, 0.29) is 17.7 Å². The second-order valence-corrected chi connectivity index (χ2v) is 2.59. The van der Waals surface area contributed by atoms with Crippen molar-refractivity contribution in [3.05, 3.63) is 39.4 Å². The molecule has 0 aliphatic rings. The third-order valence-electron chi connectivity index (χ3n) is 1.70. The molecule has 0 amide bonds. The summed E-state index contributed by atoms with van der Waals surface area (Å²) in [5.41, 5.74) is 0.346. The van der Waals surface area contributed by atoms with Gasteiger partial charge in [-0.3, -0.25) is 10.1 Å². The first kappa shape index (κ1) is 9.86. The van der Waals surface area contributed by atoms with Crippen molar-refractivity contribution in [1.29, 1.82) is 5.26 Å². The zero-order valence-electron chi connectivity index (χ0n) is 7.14. The summed E-state index contributed by atoms with van der Waals surface area (Å²) in [6.45, 7) is 0. The maximum atomic E-state index is 10.4. The van der Waals surface area contributed by atoms with E-state index in [0.717, 1.165) is 0 Å². The largest absolute Gasteiger partial charge is 0.303 e. The summed E-state index contributed by atoms with van der Waals surface area (Å²) in [5, 5.41) is 19.1. The van der Waals surface area contributed by atoms with Gasteiger partial charge in [-0.05, 0) is 11.6 Å². The summed E-state index contributed by atoms with van der Waals surface area (Å²) >= 11 is 0. The molecule has 0 fully saturated rings. The Bertz CT molecular complexity index is 421. The van der Waals surface area contributed by atoms with Gasteiger partial charge in [0.1, 0.15) is 17.9 Å². The minimum Gasteiger partial charge on any atom is -0.303 e. The van der Waals surface area contributed by atoms with Crippen LogP contribution in [0.4, 0.5) is 5.69 Å². The molecule has 1 aromatic rings. The molecule has 0 aliphatic carbocycles. The summed E-state index contributed by atoms with van der Waals surface area (Å²) in [7, 11) is 0. The second kappa shape index (κ2) is 4.14.